The van der Waals surface area contributed by atoms with E-state index in [4.69, 9.17) is 4.74 Å². The molecule has 0 radical (unpaired) electrons. The van der Waals surface area contributed by atoms with E-state index in [1.807, 2.05) is 49.8 Å². The average Bonchev–Trinajstić information content (AvgIpc) is 3.61. The highest BCUT2D eigenvalue weighted by molar-refractivity contribution is 5.46. The molecule has 0 aromatic heterocycles. The van der Waals surface area contributed by atoms with Gasteiger partial charge in [-0.25, -0.2) is 0 Å². The molecule has 2 aliphatic heterocycles. The Bertz CT molecular complexity index is 1070. The molecule has 8 rings (SSSR count). The Morgan fingerprint density at radius 3 is 2.56 bits per heavy atom. The van der Waals surface area contributed by atoms with Crippen molar-refractivity contribution in [3.8, 4) is 0 Å². The number of aliphatic hydroxyl groups excluding tert-OH is 1. The highest BCUT2D eigenvalue weighted by Crippen LogP contribution is 2.83. The fourth-order valence-electron chi connectivity index (χ4n) is 10.9. The van der Waals surface area contributed by atoms with Crippen LogP contribution < -0.4 is 0 Å². The highest BCUT2D eigenvalue weighted by atomic mass is 16.5. The summed E-state index contributed by atoms with van der Waals surface area (Å²) in [5.41, 5.74) is 3.67. The zero-order valence-electron chi connectivity index (χ0n) is 26.6. The third kappa shape index (κ3) is 4.93. The van der Waals surface area contributed by atoms with Gasteiger partial charge in [0.1, 0.15) is 6.61 Å². The minimum Gasteiger partial charge on any atom is -0.463 e. The topological polar surface area (TPSA) is 55.8 Å². The summed E-state index contributed by atoms with van der Waals surface area (Å²) >= 11 is 0. The zero-order valence-corrected chi connectivity index (χ0v) is 26.6. The number of ether oxygens (including phenoxy) is 2. The Labute approximate surface area is 249 Å². The van der Waals surface area contributed by atoms with Gasteiger partial charge in [-0.2, -0.15) is 0 Å². The first-order valence-corrected chi connectivity index (χ1v) is 16.9. The van der Waals surface area contributed by atoms with Crippen molar-refractivity contribution >= 4 is 6.47 Å². The van der Waals surface area contributed by atoms with Gasteiger partial charge >= 0.3 is 0 Å². The minimum atomic E-state index is -0.133. The van der Waals surface area contributed by atoms with Crippen molar-refractivity contribution in [2.75, 3.05) is 6.61 Å². The summed E-state index contributed by atoms with van der Waals surface area (Å²) < 4.78 is 11.2. The number of carbonyl (C=O) groups is 1. The number of allylic oxidation sites excluding steroid dienone is 1. The standard InChI is InChI=1S/C27H42O2.C8H8O2.C2H6/c1-16(2)13-18-9-11-25(4)19(14-18)5-6-23-22(25)8-7-21-20-15-29-26(12-10-24(20)28)17(3)27(21,23)26;9-7-10-6-8-4-2-1-3-5-8;1-2/h6,16-22,24,28H,5,7-15H2,1-4H3;1-5,7H,6H2;1-2H3/t17?,18?,19?,20-,21?,22?,24?,25?,26?,27?;;/m0../s1. The third-order valence-corrected chi connectivity index (χ3v) is 12.6. The Morgan fingerprint density at radius 1 is 1.10 bits per heavy atom. The number of hydrogen-bond donors (Lipinski definition) is 1. The van der Waals surface area contributed by atoms with Gasteiger partial charge in [-0.3, -0.25) is 4.79 Å². The van der Waals surface area contributed by atoms with Crippen molar-refractivity contribution in [3.05, 3.63) is 47.5 Å². The van der Waals surface area contributed by atoms with E-state index in [1.165, 1.54) is 44.9 Å². The van der Waals surface area contributed by atoms with Crippen molar-refractivity contribution in [1.82, 2.24) is 0 Å². The van der Waals surface area contributed by atoms with Crippen LogP contribution in [0.15, 0.2) is 42.0 Å². The number of fused-ring (bicyclic) bond motifs is 6. The van der Waals surface area contributed by atoms with Gasteiger partial charge in [0.25, 0.3) is 6.47 Å². The Hall–Kier alpha value is -1.65. The maximum Gasteiger partial charge on any atom is 0.293 e. The van der Waals surface area contributed by atoms with E-state index in [0.29, 0.717) is 36.2 Å². The molecule has 6 fully saturated rings. The second-order valence-electron chi connectivity index (χ2n) is 14.6. The van der Waals surface area contributed by atoms with Gasteiger partial charge in [0.2, 0.25) is 0 Å². The van der Waals surface area contributed by atoms with E-state index in [1.54, 1.807) is 0 Å². The summed E-state index contributed by atoms with van der Waals surface area (Å²) in [5.74, 6) is 5.17. The molecule has 228 valence electrons. The van der Waals surface area contributed by atoms with Crippen LogP contribution >= 0.6 is 0 Å². The lowest BCUT2D eigenvalue weighted by Crippen LogP contribution is -2.53. The number of carbonyl (C=O) groups excluding carboxylic acids is 1. The van der Waals surface area contributed by atoms with E-state index >= 15 is 0 Å². The normalized spacial score (nSPS) is 43.2. The van der Waals surface area contributed by atoms with Crippen molar-refractivity contribution in [2.24, 2.45) is 52.3 Å². The van der Waals surface area contributed by atoms with Crippen LogP contribution in [0.5, 0.6) is 0 Å². The fourth-order valence-corrected chi connectivity index (χ4v) is 10.9. The molecule has 7 aliphatic rings. The Kier molecular flexibility index (Phi) is 9.13. The van der Waals surface area contributed by atoms with E-state index < -0.39 is 0 Å². The Morgan fingerprint density at radius 2 is 1.85 bits per heavy atom. The molecule has 5 aliphatic carbocycles. The number of benzene rings is 1. The maximum absolute atomic E-state index is 10.9. The van der Waals surface area contributed by atoms with Gasteiger partial charge in [-0.15, -0.1) is 0 Å². The van der Waals surface area contributed by atoms with E-state index in [0.717, 1.165) is 48.7 Å². The highest BCUT2D eigenvalue weighted by Gasteiger charge is 2.84. The minimum absolute atomic E-state index is 0.0637. The molecule has 9 unspecified atom stereocenters. The molecule has 1 aromatic carbocycles. The van der Waals surface area contributed by atoms with Crippen LogP contribution in [-0.4, -0.2) is 29.9 Å². The van der Waals surface area contributed by atoms with Crippen LogP contribution in [0.1, 0.15) is 105 Å². The first-order valence-electron chi connectivity index (χ1n) is 16.9. The first kappa shape index (κ1) is 30.8. The quantitative estimate of drug-likeness (QED) is 0.288. The van der Waals surface area contributed by atoms with Gasteiger partial charge < -0.3 is 14.6 Å². The van der Waals surface area contributed by atoms with Crippen LogP contribution in [0.4, 0.5) is 0 Å². The summed E-state index contributed by atoms with van der Waals surface area (Å²) in [4.78, 5) is 9.76. The SMILES string of the molecule is CC.CC(C)CC1CCC2(C)C(CC=C3C2CCC2[C@@H]4COC5(CCC4O)C(C)C325)C1.O=COCc1ccccc1. The first-order chi connectivity index (χ1) is 19.8. The van der Waals surface area contributed by atoms with Gasteiger partial charge in [0, 0.05) is 11.3 Å². The van der Waals surface area contributed by atoms with Crippen molar-refractivity contribution in [1.29, 1.82) is 0 Å². The molecule has 2 bridgehead atoms. The van der Waals surface area contributed by atoms with Crippen molar-refractivity contribution in [3.63, 3.8) is 0 Å². The molecule has 2 heterocycles. The molecule has 4 saturated carbocycles. The van der Waals surface area contributed by atoms with Gasteiger partial charge in [0.05, 0.1) is 18.3 Å². The smallest absolute Gasteiger partial charge is 0.293 e. The monoisotopic (exact) mass is 564 g/mol. The third-order valence-electron chi connectivity index (χ3n) is 12.6. The summed E-state index contributed by atoms with van der Waals surface area (Å²) in [5, 5.41) is 10.9. The van der Waals surface area contributed by atoms with Crippen LogP contribution in [0, 0.1) is 52.3 Å². The summed E-state index contributed by atoms with van der Waals surface area (Å²) in [6, 6.07) is 9.55. The van der Waals surface area contributed by atoms with E-state index in [2.05, 4.69) is 38.5 Å². The summed E-state index contributed by atoms with van der Waals surface area (Å²) in [6.45, 7) is 15.6. The lowest BCUT2D eigenvalue weighted by Gasteiger charge is -2.58. The predicted octanol–water partition coefficient (Wildman–Crippen LogP) is 8.37. The largest absolute Gasteiger partial charge is 0.463 e. The molecule has 4 heteroatoms. The van der Waals surface area contributed by atoms with E-state index in [9.17, 15) is 9.90 Å². The fraction of sp³-hybridized carbons (Fsp3) is 0.757. The van der Waals surface area contributed by atoms with Gasteiger partial charge in [0.15, 0.2) is 0 Å². The molecule has 1 aromatic rings. The maximum atomic E-state index is 10.9. The number of rotatable bonds is 5. The molecule has 1 N–H and O–H groups in total. The molecular formula is C37H56O4. The molecule has 2 saturated heterocycles. The van der Waals surface area contributed by atoms with Crippen LogP contribution in [0.25, 0.3) is 0 Å². The molecule has 4 nitrogen and oxygen atoms in total. The molecule has 10 atom stereocenters. The van der Waals surface area contributed by atoms with Crippen LogP contribution in [0.2, 0.25) is 0 Å². The lowest BCUT2D eigenvalue weighted by atomic mass is 9.47. The van der Waals surface area contributed by atoms with E-state index in [-0.39, 0.29) is 17.1 Å². The average molecular weight is 565 g/mol. The number of aliphatic hydroxyl groups is 1. The molecular weight excluding hydrogens is 508 g/mol. The molecule has 0 amide bonds. The summed E-state index contributed by atoms with van der Waals surface area (Å²) in [6.07, 6.45) is 14.4. The van der Waals surface area contributed by atoms with Crippen LogP contribution in [-0.2, 0) is 20.9 Å². The molecule has 2 spiro atoms. The van der Waals surface area contributed by atoms with Gasteiger partial charge in [-0.05, 0) is 104 Å². The van der Waals surface area contributed by atoms with Gasteiger partial charge in [-0.1, -0.05) is 83.5 Å². The second-order valence-corrected chi connectivity index (χ2v) is 14.6. The van der Waals surface area contributed by atoms with Crippen molar-refractivity contribution in [2.45, 2.75) is 118 Å². The number of hydrogen-bond acceptors (Lipinski definition) is 4. The predicted molar refractivity (Wildman–Crippen MR) is 165 cm³/mol. The lowest BCUT2D eigenvalue weighted by molar-refractivity contribution is -0.129. The molecule has 41 heavy (non-hydrogen) atoms. The van der Waals surface area contributed by atoms with Crippen LogP contribution in [0.3, 0.4) is 0 Å². The summed E-state index contributed by atoms with van der Waals surface area (Å²) in [7, 11) is 0. The zero-order chi connectivity index (χ0) is 29.4. The Balaban J connectivity index is 0.000000239. The second kappa shape index (κ2) is 12.2. The van der Waals surface area contributed by atoms with Crippen molar-refractivity contribution < 1.29 is 19.4 Å².